The van der Waals surface area contributed by atoms with Gasteiger partial charge in [-0.25, -0.2) is 9.78 Å². The molecular weight excluding hydrogens is 436 g/mol. The first-order valence-corrected chi connectivity index (χ1v) is 10.9. The molecule has 178 valence electrons. The first-order chi connectivity index (χ1) is 14.7. The highest BCUT2D eigenvalue weighted by atomic mass is 35.5. The van der Waals surface area contributed by atoms with Gasteiger partial charge in [0, 0.05) is 25.7 Å². The normalized spacial score (nSPS) is 19.9. The van der Waals surface area contributed by atoms with Crippen LogP contribution in [0.1, 0.15) is 53.5 Å². The number of nitrogens with zero attached hydrogens (tertiary/aromatic N) is 2. The van der Waals surface area contributed by atoms with Crippen LogP contribution in [0, 0.1) is 5.41 Å². The molecule has 0 spiro atoms. The van der Waals surface area contributed by atoms with Crippen LogP contribution in [0.2, 0.25) is 5.15 Å². The van der Waals surface area contributed by atoms with Crippen LogP contribution in [0.25, 0.3) is 0 Å². The number of carbonyl (C=O) groups is 3. The minimum Gasteiger partial charge on any atom is -0.444 e. The van der Waals surface area contributed by atoms with Gasteiger partial charge in [0.15, 0.2) is 0 Å². The minimum absolute atomic E-state index is 0.00198. The Morgan fingerprint density at radius 1 is 1.25 bits per heavy atom. The molecule has 0 aliphatic carbocycles. The van der Waals surface area contributed by atoms with Gasteiger partial charge in [-0.2, -0.15) is 0 Å². The smallest absolute Gasteiger partial charge is 0.408 e. The molecule has 1 saturated heterocycles. The predicted molar refractivity (Wildman–Crippen MR) is 120 cm³/mol. The number of hydrogen-bond acceptors (Lipinski definition) is 6. The number of amides is 3. The number of alkyl carbamates (subject to hydrolysis) is 1. The number of carbonyl (C=O) groups excluding carboxylic acids is 3. The van der Waals surface area contributed by atoms with Crippen LogP contribution in [0.3, 0.4) is 0 Å². The van der Waals surface area contributed by atoms with Gasteiger partial charge in [0.25, 0.3) is 0 Å². The van der Waals surface area contributed by atoms with Crippen LogP contribution in [-0.4, -0.2) is 63.2 Å². The number of aliphatic hydroxyl groups is 1. The number of hydrogen-bond donors (Lipinski definition) is 3. The van der Waals surface area contributed by atoms with E-state index in [-0.39, 0.29) is 19.5 Å². The number of aromatic nitrogens is 1. The van der Waals surface area contributed by atoms with Crippen LogP contribution in [0.4, 0.5) is 4.79 Å². The molecule has 1 aliphatic heterocycles. The van der Waals surface area contributed by atoms with E-state index in [4.69, 9.17) is 16.3 Å². The third-order valence-corrected chi connectivity index (χ3v) is 5.12. The van der Waals surface area contributed by atoms with Gasteiger partial charge in [-0.3, -0.25) is 9.59 Å². The molecule has 0 bridgehead atoms. The van der Waals surface area contributed by atoms with Crippen LogP contribution < -0.4 is 10.6 Å². The molecule has 3 N–H and O–H groups in total. The number of ether oxygens (including phenoxy) is 1. The molecule has 1 aromatic heterocycles. The van der Waals surface area contributed by atoms with Crippen molar-refractivity contribution in [2.24, 2.45) is 5.41 Å². The molecule has 0 saturated carbocycles. The topological polar surface area (TPSA) is 121 Å². The van der Waals surface area contributed by atoms with Crippen molar-refractivity contribution in [3.63, 3.8) is 0 Å². The Morgan fingerprint density at radius 3 is 2.44 bits per heavy atom. The summed E-state index contributed by atoms with van der Waals surface area (Å²) in [4.78, 5) is 43.9. The van der Waals surface area contributed by atoms with Crippen molar-refractivity contribution in [1.82, 2.24) is 20.5 Å². The lowest BCUT2D eigenvalue weighted by Crippen LogP contribution is -2.58. The van der Waals surface area contributed by atoms with E-state index in [0.717, 1.165) is 5.56 Å². The second-order valence-corrected chi connectivity index (χ2v) is 10.4. The molecule has 10 heteroatoms. The zero-order valence-corrected chi connectivity index (χ0v) is 20.2. The number of pyridine rings is 1. The average molecular weight is 469 g/mol. The van der Waals surface area contributed by atoms with Gasteiger partial charge in [-0.15, -0.1) is 0 Å². The summed E-state index contributed by atoms with van der Waals surface area (Å²) in [5.41, 5.74) is -0.631. The summed E-state index contributed by atoms with van der Waals surface area (Å²) in [7, 11) is 0. The number of likely N-dealkylation sites (tertiary alicyclic amines) is 1. The van der Waals surface area contributed by atoms with Crippen molar-refractivity contribution in [2.75, 3.05) is 6.54 Å². The first kappa shape index (κ1) is 25.9. The van der Waals surface area contributed by atoms with Gasteiger partial charge in [0.2, 0.25) is 11.8 Å². The van der Waals surface area contributed by atoms with Crippen molar-refractivity contribution in [3.05, 3.63) is 29.0 Å². The lowest BCUT2D eigenvalue weighted by Gasteiger charge is -2.35. The number of nitrogens with one attached hydrogen (secondary N) is 2. The molecule has 1 fully saturated rings. The van der Waals surface area contributed by atoms with Gasteiger partial charge in [-0.05, 0) is 37.8 Å². The fraction of sp³-hybridized carbons (Fsp3) is 0.636. The van der Waals surface area contributed by atoms with Crippen molar-refractivity contribution in [2.45, 2.75) is 78.3 Å². The predicted octanol–water partition coefficient (Wildman–Crippen LogP) is 2.25. The fourth-order valence-corrected chi connectivity index (χ4v) is 3.48. The Balaban J connectivity index is 2.13. The van der Waals surface area contributed by atoms with Crippen LogP contribution in [0.15, 0.2) is 18.3 Å². The van der Waals surface area contributed by atoms with E-state index in [1.807, 2.05) is 20.8 Å². The zero-order chi connectivity index (χ0) is 24.3. The van der Waals surface area contributed by atoms with E-state index >= 15 is 0 Å². The fourth-order valence-electron chi connectivity index (χ4n) is 3.36. The van der Waals surface area contributed by atoms with Crippen molar-refractivity contribution in [1.29, 1.82) is 0 Å². The Kier molecular flexibility index (Phi) is 8.12. The number of β-amino-alcohol motifs (C(OH)–C–C–N with tert-alkyl or cyclic N) is 1. The molecule has 0 aromatic carbocycles. The molecule has 2 rings (SSSR count). The molecule has 0 unspecified atom stereocenters. The second kappa shape index (κ2) is 10.0. The maximum Gasteiger partial charge on any atom is 0.408 e. The molecule has 3 atom stereocenters. The number of rotatable bonds is 5. The van der Waals surface area contributed by atoms with Crippen molar-refractivity contribution < 1.29 is 24.2 Å². The lowest BCUT2D eigenvalue weighted by atomic mass is 9.85. The molecule has 9 nitrogen and oxygen atoms in total. The summed E-state index contributed by atoms with van der Waals surface area (Å²) >= 11 is 5.78. The maximum absolute atomic E-state index is 13.4. The Hall–Kier alpha value is -2.39. The van der Waals surface area contributed by atoms with Gasteiger partial charge in [0.1, 0.15) is 22.8 Å². The summed E-state index contributed by atoms with van der Waals surface area (Å²) in [6.45, 7) is 10.8. The van der Waals surface area contributed by atoms with E-state index in [2.05, 4.69) is 15.6 Å². The molecule has 32 heavy (non-hydrogen) atoms. The van der Waals surface area contributed by atoms with E-state index in [1.54, 1.807) is 39.1 Å². The van der Waals surface area contributed by atoms with Crippen LogP contribution >= 0.6 is 11.6 Å². The molecule has 2 heterocycles. The summed E-state index contributed by atoms with van der Waals surface area (Å²) in [6.07, 6.45) is 0.102. The molecule has 1 aliphatic rings. The average Bonchev–Trinajstić information content (AvgIpc) is 3.04. The van der Waals surface area contributed by atoms with E-state index < -0.39 is 47.1 Å². The van der Waals surface area contributed by atoms with E-state index in [9.17, 15) is 19.5 Å². The summed E-state index contributed by atoms with van der Waals surface area (Å²) in [5, 5.41) is 16.0. The third kappa shape index (κ3) is 7.34. The zero-order valence-electron chi connectivity index (χ0n) is 19.4. The van der Waals surface area contributed by atoms with Crippen LogP contribution in [0.5, 0.6) is 0 Å². The lowest BCUT2D eigenvalue weighted by molar-refractivity contribution is -0.142. The van der Waals surface area contributed by atoms with E-state index in [1.165, 1.54) is 4.90 Å². The SMILES string of the molecule is CC(C)(C)OC(=O)N[C@H](C(=O)N1C[C@H](O)C[C@H]1C(=O)NCc1ccc(Cl)nc1)C(C)(C)C. The van der Waals surface area contributed by atoms with Gasteiger partial charge >= 0.3 is 6.09 Å². The Labute approximate surface area is 193 Å². The molecule has 3 amide bonds. The van der Waals surface area contributed by atoms with Gasteiger partial charge in [-0.1, -0.05) is 38.4 Å². The molecular formula is C22H33ClN4O5. The highest BCUT2D eigenvalue weighted by Gasteiger charge is 2.44. The largest absolute Gasteiger partial charge is 0.444 e. The van der Waals surface area contributed by atoms with Crippen molar-refractivity contribution in [3.8, 4) is 0 Å². The second-order valence-electron chi connectivity index (χ2n) is 10.0. The summed E-state index contributed by atoms with van der Waals surface area (Å²) in [5.74, 6) is -0.844. The monoisotopic (exact) mass is 468 g/mol. The van der Waals surface area contributed by atoms with Gasteiger partial charge in [0.05, 0.1) is 6.10 Å². The summed E-state index contributed by atoms with van der Waals surface area (Å²) < 4.78 is 5.30. The highest BCUT2D eigenvalue weighted by Crippen LogP contribution is 2.26. The Morgan fingerprint density at radius 2 is 1.91 bits per heavy atom. The third-order valence-electron chi connectivity index (χ3n) is 4.89. The summed E-state index contributed by atoms with van der Waals surface area (Å²) in [6, 6.07) is 1.55. The standard InChI is InChI=1S/C22H33ClN4O5/c1-21(2,3)17(26-20(31)32-22(4,5)6)19(30)27-12-14(28)9-15(27)18(29)25-11-13-7-8-16(23)24-10-13/h7-8,10,14-15,17,28H,9,11-12H2,1-6H3,(H,25,29)(H,26,31)/t14-,15+,17-/m1/s1. The maximum atomic E-state index is 13.4. The number of halogens is 1. The number of aliphatic hydroxyl groups excluding tert-OH is 1. The van der Waals surface area contributed by atoms with E-state index in [0.29, 0.717) is 5.15 Å². The van der Waals surface area contributed by atoms with Crippen LogP contribution in [-0.2, 0) is 20.9 Å². The first-order valence-electron chi connectivity index (χ1n) is 10.5. The Bertz CT molecular complexity index is 832. The van der Waals surface area contributed by atoms with Crippen molar-refractivity contribution >= 4 is 29.5 Å². The quantitative estimate of drug-likeness (QED) is 0.570. The minimum atomic E-state index is -0.946. The molecule has 0 radical (unpaired) electrons. The molecule has 1 aromatic rings. The van der Waals surface area contributed by atoms with Gasteiger partial charge < -0.3 is 25.4 Å². The highest BCUT2D eigenvalue weighted by molar-refractivity contribution is 6.29.